The predicted octanol–water partition coefficient (Wildman–Crippen LogP) is 4.60. The molecule has 5 atom stereocenters. The van der Waals surface area contributed by atoms with Crippen LogP contribution in [0.15, 0.2) is 12.2 Å². The van der Waals surface area contributed by atoms with Crippen molar-refractivity contribution >= 4 is 5.91 Å². The summed E-state index contributed by atoms with van der Waals surface area (Å²) in [5, 5.41) is 39.5. The largest absolute Gasteiger partial charge is 0.394 e. The molecule has 0 unspecified atom stereocenters. The first-order valence-electron chi connectivity index (χ1n) is 13.9. The van der Waals surface area contributed by atoms with Gasteiger partial charge in [0.15, 0.2) is 6.23 Å². The van der Waals surface area contributed by atoms with E-state index in [1.54, 1.807) is 0 Å². The molecule has 0 aromatic carbocycles. The van der Waals surface area contributed by atoms with Crippen molar-refractivity contribution in [1.82, 2.24) is 4.90 Å². The molecule has 1 aliphatic heterocycles. The molecule has 0 spiro atoms. The number of hydrogen-bond donors (Lipinski definition) is 4. The summed E-state index contributed by atoms with van der Waals surface area (Å²) in [4.78, 5) is 13.5. The fourth-order valence-corrected chi connectivity index (χ4v) is 4.47. The minimum atomic E-state index is -4.53. The number of hydrogen-bond acceptors (Lipinski definition) is 6. The van der Waals surface area contributed by atoms with Gasteiger partial charge in [0, 0.05) is 13.0 Å². The summed E-state index contributed by atoms with van der Waals surface area (Å²) < 4.78 is 43.9. The lowest BCUT2D eigenvalue weighted by molar-refractivity contribution is -0.264. The van der Waals surface area contributed by atoms with Crippen LogP contribution in [-0.4, -0.2) is 81.2 Å². The van der Waals surface area contributed by atoms with E-state index in [9.17, 15) is 38.4 Å². The summed E-state index contributed by atoms with van der Waals surface area (Å²) in [6, 6.07) is 0. The van der Waals surface area contributed by atoms with Crippen LogP contribution in [0.4, 0.5) is 13.2 Å². The average molecular weight is 540 g/mol. The van der Waals surface area contributed by atoms with E-state index >= 15 is 0 Å². The number of halogens is 3. The normalized spacial score (nSPS) is 24.6. The van der Waals surface area contributed by atoms with Gasteiger partial charge in [-0.1, -0.05) is 70.4 Å². The summed E-state index contributed by atoms with van der Waals surface area (Å²) in [5.41, 5.74) is 0. The quantitative estimate of drug-likeness (QED) is 0.141. The number of nitrogens with zero attached hydrogens (tertiary/aromatic N) is 1. The van der Waals surface area contributed by atoms with Gasteiger partial charge in [-0.15, -0.1) is 0 Å². The Balaban J connectivity index is 2.37. The van der Waals surface area contributed by atoms with Crippen LogP contribution in [0, 0.1) is 0 Å². The lowest BCUT2D eigenvalue weighted by atomic mass is 9.97. The SMILES string of the molecule is CCCCCCCC/C=C\CCCCCCCC(=O)N(CCC(F)(F)F)[C@@H]1O[C@H](CO)[C@@H](O)[C@H](O)[C@H]1O. The van der Waals surface area contributed by atoms with Crippen molar-refractivity contribution in [3.63, 3.8) is 0 Å². The minimum Gasteiger partial charge on any atom is -0.394 e. The van der Waals surface area contributed by atoms with Crippen LogP contribution in [0.5, 0.6) is 0 Å². The van der Waals surface area contributed by atoms with E-state index in [0.717, 1.165) is 43.4 Å². The molecular formula is C27H48F3NO6. The van der Waals surface area contributed by atoms with Crippen LogP contribution < -0.4 is 0 Å². The monoisotopic (exact) mass is 539 g/mol. The van der Waals surface area contributed by atoms with Gasteiger partial charge in [0.25, 0.3) is 0 Å². The van der Waals surface area contributed by atoms with E-state index in [2.05, 4.69) is 19.1 Å². The zero-order valence-electron chi connectivity index (χ0n) is 22.2. The summed E-state index contributed by atoms with van der Waals surface area (Å²) in [6.07, 6.45) is 4.53. The summed E-state index contributed by atoms with van der Waals surface area (Å²) in [6.45, 7) is 0.736. The minimum absolute atomic E-state index is 0.0228. The van der Waals surface area contributed by atoms with Crippen LogP contribution >= 0.6 is 0 Å². The number of allylic oxidation sites excluding steroid dienone is 2. The highest BCUT2D eigenvalue weighted by molar-refractivity contribution is 5.76. The number of carbonyl (C=O) groups excluding carboxylic acids is 1. The Bertz CT molecular complexity index is 632. The Hall–Kier alpha value is -1.20. The molecule has 1 aliphatic rings. The number of ether oxygens (including phenoxy) is 1. The number of aliphatic hydroxyl groups is 4. The van der Waals surface area contributed by atoms with Crippen molar-refractivity contribution in [1.29, 1.82) is 0 Å². The van der Waals surface area contributed by atoms with Crippen molar-refractivity contribution in [3.05, 3.63) is 12.2 Å². The van der Waals surface area contributed by atoms with E-state index in [0.29, 0.717) is 6.42 Å². The molecular weight excluding hydrogens is 491 g/mol. The first-order valence-corrected chi connectivity index (χ1v) is 13.9. The summed E-state index contributed by atoms with van der Waals surface area (Å²) >= 11 is 0. The number of unbranched alkanes of at least 4 members (excludes halogenated alkanes) is 11. The Morgan fingerprint density at radius 1 is 0.838 bits per heavy atom. The van der Waals surface area contributed by atoms with Crippen molar-refractivity contribution in [2.75, 3.05) is 13.2 Å². The first kappa shape index (κ1) is 33.8. The maximum absolute atomic E-state index is 12.8. The number of aliphatic hydroxyl groups excluding tert-OH is 4. The van der Waals surface area contributed by atoms with Crippen molar-refractivity contribution in [2.24, 2.45) is 0 Å². The van der Waals surface area contributed by atoms with Gasteiger partial charge in [-0.05, 0) is 32.1 Å². The van der Waals surface area contributed by atoms with E-state index < -0.39 is 62.3 Å². The molecule has 37 heavy (non-hydrogen) atoms. The lowest BCUT2D eigenvalue weighted by Crippen LogP contribution is -2.64. The van der Waals surface area contributed by atoms with Crippen LogP contribution in [0.1, 0.15) is 103 Å². The molecule has 1 amide bonds. The molecule has 1 heterocycles. The van der Waals surface area contributed by atoms with E-state index in [-0.39, 0.29) is 6.42 Å². The zero-order chi connectivity index (χ0) is 27.7. The van der Waals surface area contributed by atoms with Gasteiger partial charge >= 0.3 is 6.18 Å². The molecule has 0 bridgehead atoms. The highest BCUT2D eigenvalue weighted by Gasteiger charge is 2.47. The molecule has 1 rings (SSSR count). The predicted molar refractivity (Wildman–Crippen MR) is 136 cm³/mol. The molecule has 1 fully saturated rings. The number of alkyl halides is 3. The van der Waals surface area contributed by atoms with Gasteiger partial charge in [0.05, 0.1) is 13.0 Å². The van der Waals surface area contributed by atoms with E-state index in [1.165, 1.54) is 38.5 Å². The Morgan fingerprint density at radius 2 is 1.38 bits per heavy atom. The van der Waals surface area contributed by atoms with Crippen LogP contribution in [0.25, 0.3) is 0 Å². The second-order valence-electron chi connectivity index (χ2n) is 10.0. The highest BCUT2D eigenvalue weighted by atomic mass is 19.4. The molecule has 0 saturated carbocycles. The fourth-order valence-electron chi connectivity index (χ4n) is 4.47. The molecule has 1 saturated heterocycles. The molecule has 7 nitrogen and oxygen atoms in total. The van der Waals surface area contributed by atoms with Crippen LogP contribution in [0.3, 0.4) is 0 Å². The second-order valence-corrected chi connectivity index (χ2v) is 10.0. The number of carbonyl (C=O) groups is 1. The van der Waals surface area contributed by atoms with E-state index in [1.807, 2.05) is 0 Å². The Kier molecular flexibility index (Phi) is 17.3. The van der Waals surface area contributed by atoms with Crippen molar-refractivity contribution in [3.8, 4) is 0 Å². The van der Waals surface area contributed by atoms with Gasteiger partial charge in [-0.2, -0.15) is 13.2 Å². The van der Waals surface area contributed by atoms with Crippen molar-refractivity contribution in [2.45, 2.75) is 140 Å². The maximum atomic E-state index is 12.8. The van der Waals surface area contributed by atoms with Gasteiger partial charge in [0.2, 0.25) is 5.91 Å². The average Bonchev–Trinajstić information content (AvgIpc) is 2.85. The summed E-state index contributed by atoms with van der Waals surface area (Å²) in [5.74, 6) is -0.633. The van der Waals surface area contributed by atoms with Gasteiger partial charge in [-0.25, -0.2) is 0 Å². The third kappa shape index (κ3) is 14.0. The smallest absolute Gasteiger partial charge is 0.390 e. The molecule has 0 aromatic heterocycles. The Labute approximate surface area is 219 Å². The standard InChI is InChI=1S/C27H48F3NO6/c1-2-3-4-5-6-7-8-9-10-11-12-13-14-15-16-17-22(33)31(19-18-27(28,29)30)26-25(36)24(35)23(34)21(20-32)37-26/h9-10,21,23-26,32,34-36H,2-8,11-20H2,1H3/b10-9-/t21-,23-,24+,25-,26-/m1/s1. The molecule has 10 heteroatoms. The third-order valence-corrected chi connectivity index (χ3v) is 6.78. The van der Waals surface area contributed by atoms with E-state index in [4.69, 9.17) is 4.74 Å². The molecule has 4 N–H and O–H groups in total. The fraction of sp³-hybridized carbons (Fsp3) is 0.889. The number of amides is 1. The molecule has 0 aliphatic carbocycles. The van der Waals surface area contributed by atoms with Gasteiger partial charge in [-0.3, -0.25) is 4.79 Å². The third-order valence-electron chi connectivity index (χ3n) is 6.78. The maximum Gasteiger partial charge on any atom is 0.390 e. The second kappa shape index (κ2) is 19.0. The number of rotatable bonds is 19. The lowest BCUT2D eigenvalue weighted by Gasteiger charge is -2.44. The highest BCUT2D eigenvalue weighted by Crippen LogP contribution is 2.27. The summed E-state index contributed by atoms with van der Waals surface area (Å²) in [7, 11) is 0. The van der Waals surface area contributed by atoms with Crippen LogP contribution in [0.2, 0.25) is 0 Å². The van der Waals surface area contributed by atoms with Crippen LogP contribution in [-0.2, 0) is 9.53 Å². The van der Waals surface area contributed by atoms with Gasteiger partial charge < -0.3 is 30.1 Å². The molecule has 0 radical (unpaired) electrons. The molecule has 0 aromatic rings. The first-order chi connectivity index (χ1) is 17.6. The zero-order valence-corrected chi connectivity index (χ0v) is 22.2. The van der Waals surface area contributed by atoms with Crippen molar-refractivity contribution < 1.29 is 43.1 Å². The topological polar surface area (TPSA) is 110 Å². The van der Waals surface area contributed by atoms with Gasteiger partial charge in [0.1, 0.15) is 24.4 Å². The Morgan fingerprint density at radius 3 is 1.92 bits per heavy atom. The molecule has 218 valence electrons.